The number of ether oxygens (including phenoxy) is 1. The van der Waals surface area contributed by atoms with Gasteiger partial charge in [-0.05, 0) is 39.5 Å². The first-order valence-electron chi connectivity index (χ1n) is 6.83. The molecule has 4 heteroatoms. The molecule has 2 aromatic carbocycles. The van der Waals surface area contributed by atoms with Crippen LogP contribution in [0, 0.1) is 5.82 Å². The highest BCUT2D eigenvalue weighted by atomic mass is 79.9. The molecule has 0 N–H and O–H groups in total. The first-order chi connectivity index (χ1) is 10.2. The largest absolute Gasteiger partial charge is 0.373 e. The number of halogens is 2. The minimum Gasteiger partial charge on any atom is -0.373 e. The standard InChI is InChI=1S/C17H14BrFO2/c18-17-13(6-3-7-14(17)19)15(20)10-16-12-5-2-1-4-11(12)8-9-21-16/h1-7,16H,8-10H2. The first-order valence-corrected chi connectivity index (χ1v) is 7.62. The van der Waals surface area contributed by atoms with Gasteiger partial charge >= 0.3 is 0 Å². The van der Waals surface area contributed by atoms with Gasteiger partial charge in [0.1, 0.15) is 5.82 Å². The van der Waals surface area contributed by atoms with Crippen molar-refractivity contribution >= 4 is 21.7 Å². The molecule has 1 heterocycles. The molecule has 0 radical (unpaired) electrons. The van der Waals surface area contributed by atoms with Gasteiger partial charge in [-0.25, -0.2) is 4.39 Å². The second-order valence-corrected chi connectivity index (χ2v) is 5.83. The normalized spacial score (nSPS) is 17.3. The van der Waals surface area contributed by atoms with E-state index in [1.54, 1.807) is 12.1 Å². The van der Waals surface area contributed by atoms with Crippen molar-refractivity contribution in [2.24, 2.45) is 0 Å². The molecule has 0 saturated heterocycles. The molecule has 0 aliphatic carbocycles. The average Bonchev–Trinajstić information content (AvgIpc) is 2.50. The van der Waals surface area contributed by atoms with E-state index in [1.165, 1.54) is 11.6 Å². The number of carbonyl (C=O) groups is 1. The number of benzene rings is 2. The Morgan fingerprint density at radius 2 is 2.05 bits per heavy atom. The Balaban J connectivity index is 1.85. The molecule has 2 aromatic rings. The van der Waals surface area contributed by atoms with Crippen molar-refractivity contribution in [2.75, 3.05) is 6.61 Å². The number of Topliss-reactive ketones (excluding diaryl/α,β-unsaturated/α-hetero) is 1. The maximum absolute atomic E-state index is 13.5. The number of hydrogen-bond donors (Lipinski definition) is 0. The third-order valence-corrected chi connectivity index (χ3v) is 4.52. The van der Waals surface area contributed by atoms with Gasteiger partial charge < -0.3 is 4.74 Å². The van der Waals surface area contributed by atoms with E-state index in [9.17, 15) is 9.18 Å². The lowest BCUT2D eigenvalue weighted by molar-refractivity contribution is 0.0351. The molecule has 0 bridgehead atoms. The van der Waals surface area contributed by atoms with E-state index in [0.717, 1.165) is 12.0 Å². The number of carbonyl (C=O) groups excluding carboxylic acids is 1. The highest BCUT2D eigenvalue weighted by Crippen LogP contribution is 2.32. The van der Waals surface area contributed by atoms with Crippen LogP contribution in [-0.2, 0) is 11.2 Å². The summed E-state index contributed by atoms with van der Waals surface area (Å²) in [6, 6.07) is 12.5. The van der Waals surface area contributed by atoms with Crippen molar-refractivity contribution in [1.82, 2.24) is 0 Å². The van der Waals surface area contributed by atoms with E-state index in [-0.39, 0.29) is 22.8 Å². The zero-order valence-electron chi connectivity index (χ0n) is 11.3. The molecule has 1 atom stereocenters. The van der Waals surface area contributed by atoms with Crippen molar-refractivity contribution < 1.29 is 13.9 Å². The van der Waals surface area contributed by atoms with Crippen LogP contribution < -0.4 is 0 Å². The number of hydrogen-bond acceptors (Lipinski definition) is 2. The van der Waals surface area contributed by atoms with Crippen LogP contribution in [0.4, 0.5) is 4.39 Å². The van der Waals surface area contributed by atoms with Gasteiger partial charge in [0.15, 0.2) is 5.78 Å². The Hall–Kier alpha value is -1.52. The Bertz CT molecular complexity index is 684. The van der Waals surface area contributed by atoms with E-state index < -0.39 is 5.82 Å². The van der Waals surface area contributed by atoms with Crippen LogP contribution in [0.5, 0.6) is 0 Å². The van der Waals surface area contributed by atoms with Gasteiger partial charge in [0.25, 0.3) is 0 Å². The molecule has 1 aliphatic rings. The van der Waals surface area contributed by atoms with Crippen LogP contribution in [0.2, 0.25) is 0 Å². The summed E-state index contributed by atoms with van der Waals surface area (Å²) in [5, 5.41) is 0. The predicted molar refractivity (Wildman–Crippen MR) is 81.9 cm³/mol. The third kappa shape index (κ3) is 2.92. The van der Waals surface area contributed by atoms with Gasteiger partial charge in [0, 0.05) is 12.0 Å². The third-order valence-electron chi connectivity index (χ3n) is 3.72. The van der Waals surface area contributed by atoms with Crippen molar-refractivity contribution in [3.63, 3.8) is 0 Å². The highest BCUT2D eigenvalue weighted by molar-refractivity contribution is 9.10. The fraction of sp³-hybridized carbons (Fsp3) is 0.235. The molecular formula is C17H14BrFO2. The SMILES string of the molecule is O=C(CC1OCCc2ccccc21)c1cccc(F)c1Br. The Morgan fingerprint density at radius 3 is 2.90 bits per heavy atom. The van der Waals surface area contributed by atoms with Crippen molar-refractivity contribution in [1.29, 1.82) is 0 Å². The Kier molecular flexibility index (Phi) is 4.17. The van der Waals surface area contributed by atoms with Gasteiger partial charge in [-0.1, -0.05) is 36.4 Å². The molecule has 1 unspecified atom stereocenters. The lowest BCUT2D eigenvalue weighted by atomic mass is 9.93. The first kappa shape index (κ1) is 14.4. The van der Waals surface area contributed by atoms with E-state index in [4.69, 9.17) is 4.74 Å². The van der Waals surface area contributed by atoms with Gasteiger partial charge in [0.05, 0.1) is 17.2 Å². The van der Waals surface area contributed by atoms with Gasteiger partial charge in [-0.15, -0.1) is 0 Å². The van der Waals surface area contributed by atoms with Crippen LogP contribution in [0.15, 0.2) is 46.9 Å². The summed E-state index contributed by atoms with van der Waals surface area (Å²) in [6.45, 7) is 0.610. The van der Waals surface area contributed by atoms with Crippen molar-refractivity contribution in [3.8, 4) is 0 Å². The quantitative estimate of drug-likeness (QED) is 0.764. The summed E-state index contributed by atoms with van der Waals surface area (Å²) in [5.41, 5.74) is 2.64. The molecule has 0 aromatic heterocycles. The maximum atomic E-state index is 13.5. The van der Waals surface area contributed by atoms with E-state index >= 15 is 0 Å². The Morgan fingerprint density at radius 1 is 1.24 bits per heavy atom. The molecule has 0 saturated carbocycles. The zero-order chi connectivity index (χ0) is 14.8. The molecule has 2 nitrogen and oxygen atoms in total. The highest BCUT2D eigenvalue weighted by Gasteiger charge is 2.24. The molecule has 0 fully saturated rings. The summed E-state index contributed by atoms with van der Waals surface area (Å²) in [4.78, 5) is 12.4. The maximum Gasteiger partial charge on any atom is 0.167 e. The van der Waals surface area contributed by atoms with E-state index in [1.807, 2.05) is 18.2 Å². The lowest BCUT2D eigenvalue weighted by Crippen LogP contribution is -2.19. The summed E-state index contributed by atoms with van der Waals surface area (Å²) in [7, 11) is 0. The van der Waals surface area contributed by atoms with Gasteiger partial charge in [0.2, 0.25) is 0 Å². The second kappa shape index (κ2) is 6.08. The summed E-state index contributed by atoms with van der Waals surface area (Å²) in [6.07, 6.45) is 0.835. The topological polar surface area (TPSA) is 26.3 Å². The van der Waals surface area contributed by atoms with E-state index in [2.05, 4.69) is 22.0 Å². The molecule has 3 rings (SSSR count). The van der Waals surface area contributed by atoms with Crippen molar-refractivity contribution in [3.05, 3.63) is 69.4 Å². The summed E-state index contributed by atoms with van der Waals surface area (Å²) >= 11 is 3.14. The fourth-order valence-electron chi connectivity index (χ4n) is 2.64. The monoisotopic (exact) mass is 348 g/mol. The minimum absolute atomic E-state index is 0.122. The minimum atomic E-state index is -0.425. The molecule has 0 amide bonds. The van der Waals surface area contributed by atoms with Crippen LogP contribution in [0.1, 0.15) is 34.0 Å². The van der Waals surface area contributed by atoms with Crippen LogP contribution in [0.3, 0.4) is 0 Å². The smallest absolute Gasteiger partial charge is 0.167 e. The molecule has 108 valence electrons. The van der Waals surface area contributed by atoms with Crippen LogP contribution in [-0.4, -0.2) is 12.4 Å². The zero-order valence-corrected chi connectivity index (χ0v) is 12.9. The molecule has 1 aliphatic heterocycles. The number of rotatable bonds is 3. The van der Waals surface area contributed by atoms with Crippen molar-refractivity contribution in [2.45, 2.75) is 18.9 Å². The summed E-state index contributed by atoms with van der Waals surface area (Å²) in [5.74, 6) is -0.547. The predicted octanol–water partition coefficient (Wildman–Crippen LogP) is 4.48. The lowest BCUT2D eigenvalue weighted by Gasteiger charge is -2.25. The average molecular weight is 349 g/mol. The second-order valence-electron chi connectivity index (χ2n) is 5.04. The summed E-state index contributed by atoms with van der Waals surface area (Å²) < 4.78 is 19.5. The van der Waals surface area contributed by atoms with Gasteiger partial charge in [-0.3, -0.25) is 4.79 Å². The van der Waals surface area contributed by atoms with E-state index in [0.29, 0.717) is 12.2 Å². The van der Waals surface area contributed by atoms with Crippen LogP contribution >= 0.6 is 15.9 Å². The Labute approximate surface area is 131 Å². The molecular weight excluding hydrogens is 335 g/mol. The van der Waals surface area contributed by atoms with Gasteiger partial charge in [-0.2, -0.15) is 0 Å². The fourth-order valence-corrected chi connectivity index (χ4v) is 3.13. The number of fused-ring (bicyclic) bond motifs is 1. The number of ketones is 1. The van der Waals surface area contributed by atoms with Crippen LogP contribution in [0.25, 0.3) is 0 Å². The molecule has 0 spiro atoms. The molecule has 21 heavy (non-hydrogen) atoms.